The number of likely N-dealkylation sites (N-methyl/N-ethyl adjacent to an activating group) is 2. The highest BCUT2D eigenvalue weighted by atomic mass is 32.1. The van der Waals surface area contributed by atoms with Gasteiger partial charge in [0.1, 0.15) is 23.7 Å². The van der Waals surface area contributed by atoms with Crippen molar-refractivity contribution in [2.45, 2.75) is 136 Å². The number of rotatable bonds is 33. The number of hydrogen-bond donors (Lipinski definition) is 6. The minimum atomic E-state index is -1.01. The summed E-state index contributed by atoms with van der Waals surface area (Å²) >= 11 is 1.47. The number of aromatic nitrogens is 1. The molecule has 23 heteroatoms. The summed E-state index contributed by atoms with van der Waals surface area (Å²) in [6, 6.07) is 13.2. The standard InChI is InChI=1S/C58H87N9O13S/c1-12-38(6)52(45(77-10)32-48(71)67-26-16-19-44(67)53(78-11)39(7)54(73)63-43(57-59-25-30-81-57)31-40-17-14-13-15-18-40)65(8)49(72)34-61-56(75)51(37(4)5)66(9)58(76)80-35-41-20-22-42(23-21-41)62-47(70)33-60-55(74)50(36(2)3)64-46(69)24-28-79-29-27-68/h13-15,17-18,20-23,25,30,36-39,43-45,50-53,68H,12,16,19,24,26-29,31-35H2,1-11H3,(H,60,74)(H,61,75)(H,62,70)(H,63,73)(H,64,69)/t38-,39+,43-,44-,45+,50?,51?,52?,53+/m0/s1. The summed E-state index contributed by atoms with van der Waals surface area (Å²) in [6.45, 7) is 12.4. The average molecular weight is 1150 g/mol. The number of benzene rings is 2. The van der Waals surface area contributed by atoms with Gasteiger partial charge in [-0.15, -0.1) is 11.3 Å². The van der Waals surface area contributed by atoms with Crippen LogP contribution in [-0.4, -0.2) is 176 Å². The van der Waals surface area contributed by atoms with Gasteiger partial charge in [0.25, 0.3) is 0 Å². The van der Waals surface area contributed by atoms with Gasteiger partial charge in [-0.25, -0.2) is 9.78 Å². The van der Waals surface area contributed by atoms with Crippen LogP contribution in [0.3, 0.4) is 0 Å². The topological polar surface area (TPSA) is 276 Å². The number of carbonyl (C=O) groups is 8. The van der Waals surface area contributed by atoms with Crippen LogP contribution >= 0.6 is 11.3 Å². The first kappa shape index (κ1) is 67.0. The van der Waals surface area contributed by atoms with E-state index in [-0.39, 0.29) is 87.5 Å². The van der Waals surface area contributed by atoms with Gasteiger partial charge >= 0.3 is 6.09 Å². The van der Waals surface area contributed by atoms with Crippen molar-refractivity contribution in [3.63, 3.8) is 0 Å². The van der Waals surface area contributed by atoms with Crippen molar-refractivity contribution in [1.29, 1.82) is 0 Å². The molecule has 0 radical (unpaired) electrons. The smallest absolute Gasteiger partial charge is 0.410 e. The first-order valence-electron chi connectivity index (χ1n) is 27.8. The number of carbonyl (C=O) groups excluding carboxylic acids is 8. The molecule has 2 aromatic carbocycles. The van der Waals surface area contributed by atoms with Crippen LogP contribution in [0, 0.1) is 23.7 Å². The molecule has 0 aliphatic carbocycles. The summed E-state index contributed by atoms with van der Waals surface area (Å²) in [5.41, 5.74) is 2.05. The molecule has 1 aliphatic heterocycles. The number of amides is 8. The summed E-state index contributed by atoms with van der Waals surface area (Å²) in [7, 11) is 6.13. The third-order valence-corrected chi connectivity index (χ3v) is 15.6. The van der Waals surface area contributed by atoms with Gasteiger partial charge in [0.05, 0.1) is 75.6 Å². The molecule has 0 bridgehead atoms. The zero-order chi connectivity index (χ0) is 59.8. The van der Waals surface area contributed by atoms with Gasteiger partial charge in [-0.05, 0) is 60.3 Å². The molecule has 1 aliphatic rings. The van der Waals surface area contributed by atoms with Gasteiger partial charge in [0, 0.05) is 58.5 Å². The van der Waals surface area contributed by atoms with E-state index in [1.165, 1.54) is 35.3 Å². The fourth-order valence-corrected chi connectivity index (χ4v) is 10.7. The quantitative estimate of drug-likeness (QED) is 0.0460. The molecule has 9 atom stereocenters. The summed E-state index contributed by atoms with van der Waals surface area (Å²) in [5, 5.41) is 25.3. The zero-order valence-electron chi connectivity index (χ0n) is 48.9. The van der Waals surface area contributed by atoms with Crippen LogP contribution < -0.4 is 26.6 Å². The number of nitrogens with zero attached hydrogens (tertiary/aromatic N) is 4. The van der Waals surface area contributed by atoms with Gasteiger partial charge < -0.3 is 60.4 Å². The summed E-state index contributed by atoms with van der Waals surface area (Å²) in [4.78, 5) is 116. The Balaban J connectivity index is 1.30. The van der Waals surface area contributed by atoms with Gasteiger partial charge in [-0.2, -0.15) is 0 Å². The minimum Gasteiger partial charge on any atom is -0.445 e. The second-order valence-corrected chi connectivity index (χ2v) is 22.1. The third kappa shape index (κ3) is 20.4. The van der Waals surface area contributed by atoms with Crippen molar-refractivity contribution < 1.29 is 62.4 Å². The molecule has 4 rings (SSSR count). The Kier molecular flexibility index (Phi) is 28.1. The lowest BCUT2D eigenvalue weighted by atomic mass is 9.90. The monoisotopic (exact) mass is 1150 g/mol. The van der Waals surface area contributed by atoms with E-state index >= 15 is 0 Å². The molecule has 0 spiro atoms. The van der Waals surface area contributed by atoms with Crippen LogP contribution in [0.1, 0.15) is 103 Å². The third-order valence-electron chi connectivity index (χ3n) is 14.7. The SMILES string of the molecule is CC[C@H](C)C([C@@H](CC(=O)N1CCC[C@H]1[C@H](OC)[C@@H](C)C(=O)N[C@@H](Cc1ccccc1)c1nccs1)OC)N(C)C(=O)CNC(=O)C(C(C)C)N(C)C(=O)OCc1ccc(NC(=O)CNC(=O)C(NC(=O)CCOCCO)C(C)C)cc1. The molecular weight excluding hydrogens is 1060 g/mol. The Hall–Kier alpha value is -6.53. The lowest BCUT2D eigenvalue weighted by Gasteiger charge is -2.39. The molecule has 22 nitrogen and oxygen atoms in total. The van der Waals surface area contributed by atoms with E-state index in [1.807, 2.05) is 56.5 Å². The van der Waals surface area contributed by atoms with Crippen molar-refractivity contribution in [2.24, 2.45) is 23.7 Å². The molecule has 0 saturated carbocycles. The van der Waals surface area contributed by atoms with Gasteiger partial charge in [0.15, 0.2) is 0 Å². The lowest BCUT2D eigenvalue weighted by molar-refractivity contribution is -0.146. The lowest BCUT2D eigenvalue weighted by Crippen LogP contribution is -2.55. The maximum Gasteiger partial charge on any atom is 0.410 e. The molecule has 2 heterocycles. The highest BCUT2D eigenvalue weighted by Crippen LogP contribution is 2.30. The minimum absolute atomic E-state index is 0.00285. The average Bonchev–Trinajstić information content (AvgIpc) is 4.23. The van der Waals surface area contributed by atoms with Crippen LogP contribution in [-0.2, 0) is 65.5 Å². The highest BCUT2D eigenvalue weighted by Gasteiger charge is 2.43. The molecule has 6 N–H and O–H groups in total. The van der Waals surface area contributed by atoms with Crippen LogP contribution in [0.15, 0.2) is 66.2 Å². The number of methoxy groups -OCH3 is 2. The first-order valence-corrected chi connectivity index (χ1v) is 28.7. The Morgan fingerprint density at radius 3 is 2.10 bits per heavy atom. The van der Waals surface area contributed by atoms with E-state index in [4.69, 9.17) is 24.1 Å². The highest BCUT2D eigenvalue weighted by molar-refractivity contribution is 7.09. The molecule has 3 unspecified atom stereocenters. The number of nitrogens with one attached hydrogen (secondary N) is 5. The first-order chi connectivity index (χ1) is 38.6. The summed E-state index contributed by atoms with van der Waals surface area (Å²) in [6.07, 6.45) is 2.11. The fourth-order valence-electron chi connectivity index (χ4n) is 10.0. The van der Waals surface area contributed by atoms with Crippen molar-refractivity contribution >= 4 is 64.5 Å². The number of aliphatic hydroxyl groups is 1. The predicted molar refractivity (Wildman–Crippen MR) is 306 cm³/mol. The normalized spacial score (nSPS) is 16.2. The number of anilines is 1. The van der Waals surface area contributed by atoms with E-state index in [9.17, 15) is 38.4 Å². The number of likely N-dealkylation sites (tertiary alicyclic amines) is 1. The van der Waals surface area contributed by atoms with Crippen molar-refractivity contribution in [3.05, 3.63) is 82.3 Å². The number of hydrogen-bond acceptors (Lipinski definition) is 15. The molecule has 448 valence electrons. The Labute approximate surface area is 481 Å². The van der Waals surface area contributed by atoms with Crippen LogP contribution in [0.25, 0.3) is 0 Å². The van der Waals surface area contributed by atoms with Crippen molar-refractivity contribution in [1.82, 2.24) is 41.0 Å². The Morgan fingerprint density at radius 1 is 0.802 bits per heavy atom. The molecule has 8 amide bonds. The van der Waals surface area contributed by atoms with Crippen LogP contribution in [0.4, 0.5) is 10.5 Å². The summed E-state index contributed by atoms with van der Waals surface area (Å²) < 4.78 is 22.7. The largest absolute Gasteiger partial charge is 0.445 e. The second kappa shape index (κ2) is 34.0. The molecular formula is C58H87N9O13S. The van der Waals surface area contributed by atoms with Crippen LogP contribution in [0.2, 0.25) is 0 Å². The Bertz CT molecular complexity index is 2470. The van der Waals surface area contributed by atoms with Crippen molar-refractivity contribution in [3.8, 4) is 0 Å². The molecule has 1 aromatic heterocycles. The number of thiazole rings is 1. The van der Waals surface area contributed by atoms with Crippen molar-refractivity contribution in [2.75, 3.05) is 73.1 Å². The maximum absolute atomic E-state index is 14.4. The maximum atomic E-state index is 14.4. The molecule has 1 fully saturated rings. The second-order valence-electron chi connectivity index (χ2n) is 21.2. The van der Waals surface area contributed by atoms with E-state index in [2.05, 4.69) is 31.6 Å². The fraction of sp³-hybridized carbons (Fsp3) is 0.603. The van der Waals surface area contributed by atoms with E-state index in [1.54, 1.807) is 77.2 Å². The Morgan fingerprint density at radius 2 is 1.49 bits per heavy atom. The zero-order valence-corrected chi connectivity index (χ0v) is 49.8. The van der Waals surface area contributed by atoms with Gasteiger partial charge in [-0.1, -0.05) is 97.4 Å². The molecule has 1 saturated heterocycles. The predicted octanol–water partition coefficient (Wildman–Crippen LogP) is 4.47. The van der Waals surface area contributed by atoms with E-state index in [0.717, 1.165) is 17.0 Å². The van der Waals surface area contributed by atoms with Crippen LogP contribution in [0.5, 0.6) is 0 Å². The number of aliphatic hydroxyl groups excluding tert-OH is 1. The van der Waals surface area contributed by atoms with Gasteiger partial charge in [0.2, 0.25) is 41.4 Å². The van der Waals surface area contributed by atoms with E-state index in [0.29, 0.717) is 37.1 Å². The molecule has 81 heavy (non-hydrogen) atoms. The van der Waals surface area contributed by atoms with E-state index < -0.39 is 78.4 Å². The summed E-state index contributed by atoms with van der Waals surface area (Å²) in [5.74, 6) is -4.25. The number of ether oxygens (including phenoxy) is 4. The molecule has 3 aromatic rings. The van der Waals surface area contributed by atoms with Gasteiger partial charge in [-0.3, -0.25) is 38.5 Å².